The first-order valence-electron chi connectivity index (χ1n) is 5.33. The molecule has 0 radical (unpaired) electrons. The van der Waals surface area contributed by atoms with Crippen LogP contribution in [0.15, 0.2) is 0 Å². The van der Waals surface area contributed by atoms with E-state index < -0.39 is 0 Å². The lowest BCUT2D eigenvalue weighted by Gasteiger charge is -2.20. The Hall–Kier alpha value is -0.640. The van der Waals surface area contributed by atoms with E-state index in [0.29, 0.717) is 6.04 Å². The predicted molar refractivity (Wildman–Crippen MR) is 58.8 cm³/mol. The maximum atomic E-state index is 5.23. The van der Waals surface area contributed by atoms with E-state index >= 15 is 0 Å². The normalized spacial score (nSPS) is 20.1. The molecule has 1 aromatic rings. The average Bonchev–Trinajstić information content (AvgIpc) is 2.75. The van der Waals surface area contributed by atoms with Crippen molar-refractivity contribution in [2.45, 2.75) is 45.6 Å². The highest BCUT2D eigenvalue weighted by molar-refractivity contribution is 7.71. The van der Waals surface area contributed by atoms with Gasteiger partial charge < -0.3 is 4.57 Å². The van der Waals surface area contributed by atoms with Crippen molar-refractivity contribution in [3.05, 3.63) is 10.6 Å². The van der Waals surface area contributed by atoms with Gasteiger partial charge in [-0.25, -0.2) is 0 Å². The van der Waals surface area contributed by atoms with Crippen LogP contribution in [-0.4, -0.2) is 14.8 Å². The van der Waals surface area contributed by atoms with Crippen LogP contribution < -0.4 is 0 Å². The number of nitrogens with zero attached hydrogens (tertiary/aromatic N) is 2. The van der Waals surface area contributed by atoms with Crippen LogP contribution in [0.5, 0.6) is 0 Å². The van der Waals surface area contributed by atoms with Gasteiger partial charge in [0.2, 0.25) is 0 Å². The molecule has 0 bridgehead atoms. The van der Waals surface area contributed by atoms with Gasteiger partial charge in [0.1, 0.15) is 5.82 Å². The molecule has 1 saturated carbocycles. The lowest BCUT2D eigenvalue weighted by molar-refractivity contribution is 0.352. The van der Waals surface area contributed by atoms with Crippen LogP contribution in [0.2, 0.25) is 0 Å². The fourth-order valence-electron chi connectivity index (χ4n) is 2.51. The summed E-state index contributed by atoms with van der Waals surface area (Å²) in [6.45, 7) is 4.27. The van der Waals surface area contributed by atoms with Crippen molar-refractivity contribution in [2.24, 2.45) is 5.92 Å². The zero-order valence-corrected chi connectivity index (χ0v) is 9.60. The van der Waals surface area contributed by atoms with Gasteiger partial charge in [-0.1, -0.05) is 12.8 Å². The zero-order chi connectivity index (χ0) is 10.1. The molecular weight excluding hydrogens is 194 g/mol. The van der Waals surface area contributed by atoms with Crippen LogP contribution in [-0.2, 0) is 0 Å². The first kappa shape index (κ1) is 9.90. The first-order chi connectivity index (χ1) is 6.70. The van der Waals surface area contributed by atoms with Gasteiger partial charge in [0.25, 0.3) is 0 Å². The number of aryl methyl sites for hydroxylation is 1. The first-order valence-corrected chi connectivity index (χ1v) is 5.74. The van der Waals surface area contributed by atoms with Gasteiger partial charge in [-0.2, -0.15) is 5.10 Å². The van der Waals surface area contributed by atoms with E-state index in [1.54, 1.807) is 0 Å². The Kier molecular flexibility index (Phi) is 2.72. The number of hydrogen-bond donors (Lipinski definition) is 1. The van der Waals surface area contributed by atoms with Crippen LogP contribution >= 0.6 is 12.2 Å². The number of nitrogens with one attached hydrogen (secondary N) is 1. The third-order valence-corrected chi connectivity index (χ3v) is 3.66. The molecule has 78 valence electrons. The van der Waals surface area contributed by atoms with Crippen molar-refractivity contribution in [3.63, 3.8) is 0 Å². The highest BCUT2D eigenvalue weighted by atomic mass is 32.1. The Morgan fingerprint density at radius 1 is 1.50 bits per heavy atom. The van der Waals surface area contributed by atoms with Crippen LogP contribution in [0.4, 0.5) is 0 Å². The summed E-state index contributed by atoms with van der Waals surface area (Å²) in [6, 6.07) is 0.503. The molecule has 1 unspecified atom stereocenters. The third kappa shape index (κ3) is 1.63. The van der Waals surface area contributed by atoms with Crippen molar-refractivity contribution in [2.75, 3.05) is 0 Å². The lowest BCUT2D eigenvalue weighted by atomic mass is 10.00. The number of hydrogen-bond acceptors (Lipinski definition) is 2. The second-order valence-electron chi connectivity index (χ2n) is 4.23. The number of rotatable bonds is 2. The summed E-state index contributed by atoms with van der Waals surface area (Å²) >= 11 is 5.23. The van der Waals surface area contributed by atoms with Crippen LogP contribution in [0, 0.1) is 17.6 Å². The molecule has 2 rings (SSSR count). The summed E-state index contributed by atoms with van der Waals surface area (Å²) in [5.74, 6) is 1.80. The largest absolute Gasteiger partial charge is 0.301 e. The molecule has 1 N–H and O–H groups in total. The molecule has 0 amide bonds. The van der Waals surface area contributed by atoms with Crippen LogP contribution in [0.3, 0.4) is 0 Å². The van der Waals surface area contributed by atoms with Crippen molar-refractivity contribution in [1.82, 2.24) is 14.8 Å². The fourth-order valence-corrected chi connectivity index (χ4v) is 2.86. The molecule has 0 aliphatic heterocycles. The maximum Gasteiger partial charge on any atom is 0.195 e. The molecule has 1 aromatic heterocycles. The predicted octanol–water partition coefficient (Wildman–Crippen LogP) is 3.00. The molecule has 4 heteroatoms. The second kappa shape index (κ2) is 3.85. The fraction of sp³-hybridized carbons (Fsp3) is 0.800. The molecule has 1 aliphatic carbocycles. The molecule has 0 saturated heterocycles. The molecular formula is C10H17N3S. The quantitative estimate of drug-likeness (QED) is 0.763. The van der Waals surface area contributed by atoms with Crippen molar-refractivity contribution < 1.29 is 0 Å². The Morgan fingerprint density at radius 3 is 2.64 bits per heavy atom. The monoisotopic (exact) mass is 211 g/mol. The molecule has 0 aromatic carbocycles. The summed E-state index contributed by atoms with van der Waals surface area (Å²) in [7, 11) is 0. The van der Waals surface area contributed by atoms with E-state index in [4.69, 9.17) is 12.2 Å². The van der Waals surface area contributed by atoms with Crippen molar-refractivity contribution >= 4 is 12.2 Å². The van der Waals surface area contributed by atoms with Gasteiger partial charge >= 0.3 is 0 Å². The van der Waals surface area contributed by atoms with E-state index in [-0.39, 0.29) is 0 Å². The minimum absolute atomic E-state index is 0.503. The van der Waals surface area contributed by atoms with Gasteiger partial charge in [0, 0.05) is 6.04 Å². The van der Waals surface area contributed by atoms with Gasteiger partial charge in [0.15, 0.2) is 4.77 Å². The molecule has 1 heterocycles. The highest BCUT2D eigenvalue weighted by Gasteiger charge is 2.24. The van der Waals surface area contributed by atoms with E-state index in [1.165, 1.54) is 25.7 Å². The van der Waals surface area contributed by atoms with Crippen LogP contribution in [0.1, 0.15) is 44.5 Å². The summed E-state index contributed by atoms with van der Waals surface area (Å²) in [4.78, 5) is 0. The number of H-pyrrole nitrogens is 1. The Morgan fingerprint density at radius 2 is 2.14 bits per heavy atom. The van der Waals surface area contributed by atoms with Gasteiger partial charge in [0.05, 0.1) is 0 Å². The lowest BCUT2D eigenvalue weighted by Crippen LogP contribution is -2.15. The van der Waals surface area contributed by atoms with E-state index in [2.05, 4.69) is 21.7 Å². The molecule has 1 atom stereocenters. The smallest absolute Gasteiger partial charge is 0.195 e. The number of aromatic nitrogens is 3. The standard InChI is InChI=1S/C10H17N3S/c1-7(9-5-3-4-6-9)13-8(2)11-12-10(13)14/h7,9H,3-6H2,1-2H3,(H,12,14). The molecule has 1 aliphatic rings. The molecule has 0 spiro atoms. The van der Waals surface area contributed by atoms with Gasteiger partial charge in [-0.3, -0.25) is 5.10 Å². The summed E-state index contributed by atoms with van der Waals surface area (Å²) in [6.07, 6.45) is 5.43. The minimum atomic E-state index is 0.503. The Bertz CT molecular complexity index is 360. The van der Waals surface area contributed by atoms with E-state index in [9.17, 15) is 0 Å². The zero-order valence-electron chi connectivity index (χ0n) is 8.79. The third-order valence-electron chi connectivity index (χ3n) is 3.37. The Labute approximate surface area is 89.5 Å². The summed E-state index contributed by atoms with van der Waals surface area (Å²) < 4.78 is 2.92. The van der Waals surface area contributed by atoms with Gasteiger partial charge in [-0.15, -0.1) is 0 Å². The minimum Gasteiger partial charge on any atom is -0.301 e. The molecule has 14 heavy (non-hydrogen) atoms. The van der Waals surface area contributed by atoms with E-state index in [0.717, 1.165) is 16.5 Å². The summed E-state index contributed by atoms with van der Waals surface area (Å²) in [5.41, 5.74) is 0. The Balaban J connectivity index is 2.25. The second-order valence-corrected chi connectivity index (χ2v) is 4.62. The van der Waals surface area contributed by atoms with Crippen molar-refractivity contribution in [3.8, 4) is 0 Å². The van der Waals surface area contributed by atoms with Crippen molar-refractivity contribution in [1.29, 1.82) is 0 Å². The molecule has 1 fully saturated rings. The van der Waals surface area contributed by atoms with Crippen LogP contribution in [0.25, 0.3) is 0 Å². The highest BCUT2D eigenvalue weighted by Crippen LogP contribution is 2.34. The average molecular weight is 211 g/mol. The molecule has 3 nitrogen and oxygen atoms in total. The SMILES string of the molecule is Cc1n[nH]c(=S)n1C(C)C1CCCC1. The number of aromatic amines is 1. The van der Waals surface area contributed by atoms with E-state index in [1.807, 2.05) is 6.92 Å². The van der Waals surface area contributed by atoms with Gasteiger partial charge in [-0.05, 0) is 44.8 Å². The summed E-state index contributed by atoms with van der Waals surface area (Å²) in [5, 5.41) is 7.01. The topological polar surface area (TPSA) is 33.6 Å². The maximum absolute atomic E-state index is 5.23.